The van der Waals surface area contributed by atoms with Crippen molar-refractivity contribution in [3.05, 3.63) is 86.4 Å². The number of benzene rings is 1. The molecule has 2 unspecified atom stereocenters. The highest BCUT2D eigenvalue weighted by atomic mass is 35.5. The van der Waals surface area contributed by atoms with Crippen molar-refractivity contribution in [2.75, 3.05) is 11.5 Å². The molecular weight excluding hydrogens is 370 g/mol. The summed E-state index contributed by atoms with van der Waals surface area (Å²) in [6.45, 7) is 0. The minimum absolute atomic E-state index is 0.189. The van der Waals surface area contributed by atoms with Crippen LogP contribution >= 0.6 is 35.1 Å². The van der Waals surface area contributed by atoms with Gasteiger partial charge in [0, 0.05) is 50.2 Å². The first-order chi connectivity index (χ1) is 12.2. The van der Waals surface area contributed by atoms with Gasteiger partial charge in [0.1, 0.15) is 6.10 Å². The van der Waals surface area contributed by atoms with Crippen molar-refractivity contribution in [3.63, 3.8) is 0 Å². The zero-order chi connectivity index (χ0) is 17.2. The predicted octanol–water partition coefficient (Wildman–Crippen LogP) is 5.57. The molecule has 25 heavy (non-hydrogen) atoms. The molecule has 0 saturated heterocycles. The van der Waals surface area contributed by atoms with Gasteiger partial charge in [0.05, 0.1) is 0 Å². The molecule has 0 radical (unpaired) electrons. The molecule has 3 heterocycles. The third kappa shape index (κ3) is 3.54. The molecule has 2 aliphatic heterocycles. The smallest absolute Gasteiger partial charge is 0.104 e. The Morgan fingerprint density at radius 2 is 2.00 bits per heavy atom. The van der Waals surface area contributed by atoms with E-state index in [1.807, 2.05) is 47.8 Å². The Hall–Kier alpha value is -1.20. The summed E-state index contributed by atoms with van der Waals surface area (Å²) in [5, 5.41) is 11.9. The lowest BCUT2D eigenvalue weighted by Crippen LogP contribution is -2.11. The van der Waals surface area contributed by atoms with E-state index < -0.39 is 6.10 Å². The van der Waals surface area contributed by atoms with Gasteiger partial charge in [0.15, 0.2) is 0 Å². The van der Waals surface area contributed by atoms with Gasteiger partial charge < -0.3 is 5.11 Å². The second-order valence-electron chi connectivity index (χ2n) is 6.09. The molecule has 0 aliphatic carbocycles. The van der Waals surface area contributed by atoms with Crippen LogP contribution in [-0.2, 0) is 0 Å². The highest BCUT2D eigenvalue weighted by molar-refractivity contribution is 8.08. The molecule has 2 atom stereocenters. The van der Waals surface area contributed by atoms with Gasteiger partial charge in [-0.1, -0.05) is 35.9 Å². The van der Waals surface area contributed by atoms with E-state index in [0.29, 0.717) is 0 Å². The molecule has 0 bridgehead atoms. The van der Waals surface area contributed by atoms with Crippen LogP contribution in [-0.4, -0.2) is 21.6 Å². The minimum atomic E-state index is -0.638. The Morgan fingerprint density at radius 1 is 1.16 bits per heavy atom. The first-order valence-corrected chi connectivity index (χ1v) is 10.6. The van der Waals surface area contributed by atoms with Crippen LogP contribution in [0.15, 0.2) is 70.3 Å². The van der Waals surface area contributed by atoms with Gasteiger partial charge in [0.2, 0.25) is 0 Å². The van der Waals surface area contributed by atoms with E-state index in [1.54, 1.807) is 12.4 Å². The van der Waals surface area contributed by atoms with Crippen molar-refractivity contribution < 1.29 is 5.11 Å². The zero-order valence-corrected chi connectivity index (χ0v) is 15.9. The minimum Gasteiger partial charge on any atom is -0.384 e. The van der Waals surface area contributed by atoms with Crippen molar-refractivity contribution >= 4 is 35.1 Å². The largest absolute Gasteiger partial charge is 0.384 e. The number of aliphatic hydroxyl groups excluding tert-OH is 1. The van der Waals surface area contributed by atoms with E-state index in [-0.39, 0.29) is 5.92 Å². The molecule has 2 aromatic rings. The molecule has 0 saturated carbocycles. The number of rotatable bonds is 4. The molecule has 128 valence electrons. The summed E-state index contributed by atoms with van der Waals surface area (Å²) in [5.41, 5.74) is 3.15. The van der Waals surface area contributed by atoms with Gasteiger partial charge >= 0.3 is 0 Å². The van der Waals surface area contributed by atoms with Gasteiger partial charge in [-0.05, 0) is 35.8 Å². The van der Waals surface area contributed by atoms with Gasteiger partial charge in [-0.15, -0.1) is 23.5 Å². The molecule has 1 aromatic carbocycles. The monoisotopic (exact) mass is 387 g/mol. The predicted molar refractivity (Wildman–Crippen MR) is 108 cm³/mol. The topological polar surface area (TPSA) is 33.1 Å². The number of thioether (sulfide) groups is 2. The molecule has 4 rings (SSSR count). The molecule has 0 fully saturated rings. The average Bonchev–Trinajstić information content (AvgIpc) is 3.32. The number of nitrogens with zero attached hydrogens (tertiary/aromatic N) is 1. The standard InChI is InChI=1S/C20H18ClNOS2/c21-15-7-5-13(6-8-15)16-12-25-20(17-4-2-10-24-17)18(16)19(23)14-3-1-9-22-11-14/h1,3-9,11,16,19,23H,2,10,12H2. The van der Waals surface area contributed by atoms with Crippen LogP contribution in [0.3, 0.4) is 0 Å². The number of hydrogen-bond acceptors (Lipinski definition) is 4. The van der Waals surface area contributed by atoms with Crippen LogP contribution in [0.5, 0.6) is 0 Å². The highest BCUT2D eigenvalue weighted by Crippen LogP contribution is 2.52. The molecule has 1 N–H and O–H groups in total. The Labute approximate surface area is 161 Å². The fourth-order valence-corrected chi connectivity index (χ4v) is 6.06. The van der Waals surface area contributed by atoms with Crippen LogP contribution in [0.2, 0.25) is 5.02 Å². The second kappa shape index (κ2) is 7.58. The quantitative estimate of drug-likeness (QED) is 0.742. The zero-order valence-electron chi connectivity index (χ0n) is 13.6. The number of allylic oxidation sites excluding steroid dienone is 1. The average molecular weight is 388 g/mol. The van der Waals surface area contributed by atoms with Crippen LogP contribution in [0.4, 0.5) is 0 Å². The van der Waals surface area contributed by atoms with Crippen molar-refractivity contribution in [1.82, 2.24) is 4.98 Å². The molecule has 0 spiro atoms. The Balaban J connectivity index is 1.78. The van der Waals surface area contributed by atoms with Gasteiger partial charge in [0.25, 0.3) is 0 Å². The fourth-order valence-electron chi connectivity index (χ4n) is 3.29. The van der Waals surface area contributed by atoms with Gasteiger partial charge in [-0.2, -0.15) is 0 Å². The van der Waals surface area contributed by atoms with Crippen LogP contribution in [0.1, 0.15) is 29.6 Å². The maximum atomic E-state index is 11.2. The number of hydrogen-bond donors (Lipinski definition) is 1. The first-order valence-electron chi connectivity index (χ1n) is 8.27. The van der Waals surface area contributed by atoms with Crippen molar-refractivity contribution in [1.29, 1.82) is 0 Å². The lowest BCUT2D eigenvalue weighted by atomic mass is 9.86. The molecule has 0 amide bonds. The SMILES string of the molecule is OC(C1=C(C2=CCCS2)SCC1c1ccc(Cl)cc1)c1cccnc1. The van der Waals surface area contributed by atoms with Crippen molar-refractivity contribution in [2.45, 2.75) is 18.4 Å². The number of pyridine rings is 1. The lowest BCUT2D eigenvalue weighted by molar-refractivity contribution is 0.209. The maximum absolute atomic E-state index is 11.2. The third-order valence-electron chi connectivity index (χ3n) is 4.53. The maximum Gasteiger partial charge on any atom is 0.104 e. The van der Waals surface area contributed by atoms with Crippen molar-refractivity contribution in [3.8, 4) is 0 Å². The van der Waals surface area contributed by atoms with E-state index in [4.69, 9.17) is 11.6 Å². The molecule has 2 aliphatic rings. The lowest BCUT2D eigenvalue weighted by Gasteiger charge is -2.21. The molecule has 2 nitrogen and oxygen atoms in total. The van der Waals surface area contributed by atoms with Crippen LogP contribution in [0, 0.1) is 0 Å². The summed E-state index contributed by atoms with van der Waals surface area (Å²) in [6, 6.07) is 11.8. The summed E-state index contributed by atoms with van der Waals surface area (Å²) in [5.74, 6) is 2.26. The molecule has 1 aromatic heterocycles. The number of aliphatic hydroxyl groups is 1. The van der Waals surface area contributed by atoms with E-state index in [0.717, 1.165) is 34.1 Å². The third-order valence-corrected chi connectivity index (χ3v) is 7.28. The van der Waals surface area contributed by atoms with Gasteiger partial charge in [-0.3, -0.25) is 4.98 Å². The summed E-state index contributed by atoms with van der Waals surface area (Å²) in [6.07, 6.45) is 6.26. The number of aromatic nitrogens is 1. The number of halogens is 1. The highest BCUT2D eigenvalue weighted by Gasteiger charge is 2.34. The Bertz CT molecular complexity index is 817. The molecular formula is C20H18ClNOS2. The summed E-state index contributed by atoms with van der Waals surface area (Å²) in [7, 11) is 0. The van der Waals surface area contributed by atoms with E-state index in [9.17, 15) is 5.11 Å². The van der Waals surface area contributed by atoms with E-state index in [2.05, 4.69) is 23.2 Å². The Morgan fingerprint density at radius 3 is 2.68 bits per heavy atom. The normalized spacial score (nSPS) is 21.5. The summed E-state index contributed by atoms with van der Waals surface area (Å²) < 4.78 is 0. The van der Waals surface area contributed by atoms with Crippen LogP contribution < -0.4 is 0 Å². The summed E-state index contributed by atoms with van der Waals surface area (Å²) >= 11 is 9.80. The first kappa shape index (κ1) is 17.2. The fraction of sp³-hybridized carbons (Fsp3) is 0.250. The van der Waals surface area contributed by atoms with Crippen molar-refractivity contribution in [2.24, 2.45) is 0 Å². The van der Waals surface area contributed by atoms with E-state index in [1.165, 1.54) is 15.4 Å². The van der Waals surface area contributed by atoms with Crippen LogP contribution in [0.25, 0.3) is 0 Å². The molecule has 5 heteroatoms. The second-order valence-corrected chi connectivity index (χ2v) is 8.70. The van der Waals surface area contributed by atoms with E-state index >= 15 is 0 Å². The van der Waals surface area contributed by atoms with Gasteiger partial charge in [-0.25, -0.2) is 0 Å². The Kier molecular flexibility index (Phi) is 5.23. The summed E-state index contributed by atoms with van der Waals surface area (Å²) in [4.78, 5) is 6.75.